The highest BCUT2D eigenvalue weighted by molar-refractivity contribution is 4.63. The Hall–Kier alpha value is -0.630. The molecule has 0 fully saturated rings. The predicted octanol–water partition coefficient (Wildman–Crippen LogP) is 4.27. The van der Waals surface area contributed by atoms with Crippen LogP contribution in [-0.2, 0) is 0 Å². The van der Waals surface area contributed by atoms with Crippen LogP contribution in [0.15, 0.2) is 0 Å². The van der Waals surface area contributed by atoms with Gasteiger partial charge in [-0.1, -0.05) is 27.7 Å². The topological polar surface area (TPSA) is 36.9 Å². The van der Waals surface area contributed by atoms with Crippen molar-refractivity contribution in [1.82, 2.24) is 9.80 Å². The van der Waals surface area contributed by atoms with Crippen LogP contribution in [0.3, 0.4) is 0 Å². The van der Waals surface area contributed by atoms with Crippen molar-refractivity contribution in [2.24, 2.45) is 5.73 Å². The maximum absolute atomic E-state index is 6.66. The third-order valence-electron chi connectivity index (χ3n) is 3.83. The van der Waals surface area contributed by atoms with Crippen LogP contribution < -0.4 is 5.73 Å². The van der Waals surface area contributed by atoms with Crippen LogP contribution in [0.4, 0.5) is 0 Å². The lowest BCUT2D eigenvalue weighted by molar-refractivity contribution is 0.269. The quantitative estimate of drug-likeness (QED) is 0.357. The highest BCUT2D eigenvalue weighted by Gasteiger charge is 2.02. The second kappa shape index (κ2) is 22.4. The summed E-state index contributed by atoms with van der Waals surface area (Å²) in [5.41, 5.74) is 5.44. The highest BCUT2D eigenvalue weighted by atomic mass is 15.1. The fourth-order valence-corrected chi connectivity index (χ4v) is 2.79. The molecule has 0 saturated heterocycles. The molecule has 4 heteroatoms. The van der Waals surface area contributed by atoms with E-state index in [0.717, 1.165) is 19.5 Å². The van der Waals surface area contributed by atoms with Crippen LogP contribution in [0.1, 0.15) is 72.6 Å². The van der Waals surface area contributed by atoms with Crippen molar-refractivity contribution >= 4 is 0 Å². The Morgan fingerprint density at radius 1 is 0.667 bits per heavy atom. The van der Waals surface area contributed by atoms with Crippen molar-refractivity contribution in [3.8, 4) is 0 Å². The molecule has 0 rings (SSSR count). The van der Waals surface area contributed by atoms with E-state index < -0.39 is 0 Å². The van der Waals surface area contributed by atoms with E-state index in [1.807, 2.05) is 0 Å². The molecular weight excluding hydrogens is 296 g/mol. The first-order valence-corrected chi connectivity index (χ1v) is 10.2. The molecule has 0 saturated carbocycles. The molecule has 0 spiro atoms. The minimum atomic E-state index is 0.684. The van der Waals surface area contributed by atoms with Crippen molar-refractivity contribution in [3.63, 3.8) is 0 Å². The number of nitrogens with zero attached hydrogens (tertiary/aromatic N) is 3. The molecule has 0 aliphatic heterocycles. The lowest BCUT2D eigenvalue weighted by atomic mass is 10.2. The van der Waals surface area contributed by atoms with Gasteiger partial charge in [0.25, 0.3) is 0 Å². The molecule has 0 unspecified atom stereocenters. The van der Waals surface area contributed by atoms with Gasteiger partial charge in [0.15, 0.2) is 0 Å². The Bertz CT molecular complexity index is 251. The summed E-state index contributed by atoms with van der Waals surface area (Å²) < 4.78 is 0. The first-order valence-electron chi connectivity index (χ1n) is 10.2. The summed E-state index contributed by atoms with van der Waals surface area (Å²) in [6.45, 7) is 24.3. The first-order chi connectivity index (χ1) is 11.7. The van der Waals surface area contributed by atoms with E-state index in [-0.39, 0.29) is 0 Å². The van der Waals surface area contributed by atoms with Gasteiger partial charge in [0.1, 0.15) is 0 Å². The van der Waals surface area contributed by atoms with Crippen LogP contribution in [0.5, 0.6) is 0 Å². The van der Waals surface area contributed by atoms with Crippen LogP contribution in [0.25, 0.3) is 4.85 Å². The molecule has 0 aromatic carbocycles. The fraction of sp³-hybridized carbons (Fsp3) is 0.950. The average molecular weight is 341 g/mol. The number of unbranched alkanes of at least 4 members (excludes halogenated alkanes) is 1. The zero-order valence-corrected chi connectivity index (χ0v) is 17.0. The molecule has 0 aromatic rings. The SMILES string of the molecule is CCCN(CCC)CCCCN.[C-]#[N+]CCCN(CCC)CCC. The van der Waals surface area contributed by atoms with Crippen molar-refractivity contribution in [2.75, 3.05) is 52.4 Å². The molecule has 0 radical (unpaired) electrons. The molecule has 0 amide bonds. The summed E-state index contributed by atoms with van der Waals surface area (Å²) in [6.07, 6.45) is 8.44. The zero-order valence-electron chi connectivity index (χ0n) is 17.0. The van der Waals surface area contributed by atoms with E-state index in [4.69, 9.17) is 12.3 Å². The molecule has 4 nitrogen and oxygen atoms in total. The molecule has 0 atom stereocenters. The lowest BCUT2D eigenvalue weighted by Gasteiger charge is -2.20. The second-order valence-electron chi connectivity index (χ2n) is 6.41. The van der Waals surface area contributed by atoms with Gasteiger partial charge < -0.3 is 20.4 Å². The van der Waals surface area contributed by atoms with Gasteiger partial charge >= 0.3 is 0 Å². The molecule has 2 N–H and O–H groups in total. The summed E-state index contributed by atoms with van der Waals surface area (Å²) in [4.78, 5) is 8.34. The summed E-state index contributed by atoms with van der Waals surface area (Å²) in [5.74, 6) is 0. The predicted molar refractivity (Wildman–Crippen MR) is 108 cm³/mol. The second-order valence-corrected chi connectivity index (χ2v) is 6.41. The minimum absolute atomic E-state index is 0.684. The highest BCUT2D eigenvalue weighted by Crippen LogP contribution is 1.98. The first kappa shape index (κ1) is 25.6. The van der Waals surface area contributed by atoms with Crippen LogP contribution in [0, 0.1) is 6.57 Å². The third kappa shape index (κ3) is 19.4. The van der Waals surface area contributed by atoms with Gasteiger partial charge in [0, 0.05) is 13.0 Å². The van der Waals surface area contributed by atoms with Crippen LogP contribution in [-0.4, -0.2) is 62.2 Å². The Labute approximate surface area is 152 Å². The fourth-order valence-electron chi connectivity index (χ4n) is 2.79. The number of nitrogens with two attached hydrogens (primary N) is 1. The standard InChI is InChI=1S/C10H20N2.C10H24N2/c1-4-8-12(9-5-2)10-6-7-11-3;1-3-8-12(9-4-2)10-6-5-7-11/h4-10H2,1-2H3;3-11H2,1-2H3. The Morgan fingerprint density at radius 3 is 1.42 bits per heavy atom. The summed E-state index contributed by atoms with van der Waals surface area (Å²) in [5, 5.41) is 0. The molecule has 24 heavy (non-hydrogen) atoms. The van der Waals surface area contributed by atoms with Crippen molar-refractivity contribution in [2.45, 2.75) is 72.6 Å². The van der Waals surface area contributed by atoms with E-state index in [1.165, 1.54) is 71.2 Å². The molecule has 0 aromatic heterocycles. The van der Waals surface area contributed by atoms with E-state index in [0.29, 0.717) is 6.54 Å². The molecule has 0 heterocycles. The van der Waals surface area contributed by atoms with E-state index in [9.17, 15) is 0 Å². The molecule has 0 bridgehead atoms. The summed E-state index contributed by atoms with van der Waals surface area (Å²) >= 11 is 0. The largest absolute Gasteiger partial charge is 0.330 e. The van der Waals surface area contributed by atoms with Crippen LogP contribution in [0.2, 0.25) is 0 Å². The van der Waals surface area contributed by atoms with E-state index >= 15 is 0 Å². The zero-order chi connectivity index (χ0) is 18.5. The van der Waals surface area contributed by atoms with Crippen molar-refractivity contribution in [3.05, 3.63) is 11.4 Å². The Balaban J connectivity index is 0. The van der Waals surface area contributed by atoms with Crippen molar-refractivity contribution < 1.29 is 0 Å². The monoisotopic (exact) mass is 340 g/mol. The smallest absolute Gasteiger partial charge is 0.215 e. The number of rotatable bonds is 15. The van der Waals surface area contributed by atoms with E-state index in [1.54, 1.807) is 0 Å². The summed E-state index contributed by atoms with van der Waals surface area (Å²) in [7, 11) is 0. The molecular formula is C20H44N4. The lowest BCUT2D eigenvalue weighted by Crippen LogP contribution is -2.26. The Morgan fingerprint density at radius 2 is 1.08 bits per heavy atom. The average Bonchev–Trinajstić information content (AvgIpc) is 2.57. The van der Waals surface area contributed by atoms with Gasteiger partial charge in [0.05, 0.1) is 0 Å². The van der Waals surface area contributed by atoms with Crippen molar-refractivity contribution in [1.29, 1.82) is 0 Å². The van der Waals surface area contributed by atoms with E-state index in [2.05, 4.69) is 42.3 Å². The number of hydrogen-bond donors (Lipinski definition) is 1. The summed E-state index contributed by atoms with van der Waals surface area (Å²) in [6, 6.07) is 0. The van der Waals surface area contributed by atoms with Gasteiger partial charge in [-0.05, 0) is 77.8 Å². The minimum Gasteiger partial charge on any atom is -0.330 e. The van der Waals surface area contributed by atoms with Gasteiger partial charge in [-0.2, -0.15) is 0 Å². The maximum atomic E-state index is 6.66. The van der Waals surface area contributed by atoms with Gasteiger partial charge in [-0.15, -0.1) is 0 Å². The number of hydrogen-bond acceptors (Lipinski definition) is 3. The third-order valence-corrected chi connectivity index (χ3v) is 3.83. The van der Waals surface area contributed by atoms with Gasteiger partial charge in [0.2, 0.25) is 6.54 Å². The van der Waals surface area contributed by atoms with Crippen LogP contribution >= 0.6 is 0 Å². The maximum Gasteiger partial charge on any atom is 0.215 e. The normalized spacial score (nSPS) is 10.6. The molecule has 0 aliphatic carbocycles. The Kier molecular flexibility index (Phi) is 23.9. The van der Waals surface area contributed by atoms with Gasteiger partial charge in [-0.25, -0.2) is 6.57 Å². The molecule has 144 valence electrons. The van der Waals surface area contributed by atoms with Gasteiger partial charge in [-0.3, -0.25) is 0 Å². The molecule has 0 aliphatic rings.